The van der Waals surface area contributed by atoms with Gasteiger partial charge in [-0.05, 0) is 54.8 Å². The van der Waals surface area contributed by atoms with Crippen LogP contribution in [0.4, 0.5) is 0 Å². The summed E-state index contributed by atoms with van der Waals surface area (Å²) < 4.78 is 0. The lowest BCUT2D eigenvalue weighted by atomic mass is 9.79. The zero-order chi connectivity index (χ0) is 13.7. The van der Waals surface area contributed by atoms with Crippen molar-refractivity contribution in [1.82, 2.24) is 0 Å². The Kier molecular flexibility index (Phi) is 6.74. The van der Waals surface area contributed by atoms with Crippen molar-refractivity contribution in [1.29, 1.82) is 0 Å². The van der Waals surface area contributed by atoms with Crippen molar-refractivity contribution in [2.45, 2.75) is 80.1 Å². The van der Waals surface area contributed by atoms with Crippen molar-refractivity contribution in [3.05, 3.63) is 0 Å². The minimum atomic E-state index is 0.859. The Labute approximate surface area is 116 Å². The van der Waals surface area contributed by atoms with Crippen molar-refractivity contribution in [3.8, 4) is 0 Å². The van der Waals surface area contributed by atoms with Crippen LogP contribution in [-0.2, 0) is 0 Å². The molecule has 18 heavy (non-hydrogen) atoms. The molecule has 0 aromatic rings. The first-order valence-corrected chi connectivity index (χ1v) is 8.49. The van der Waals surface area contributed by atoms with E-state index in [1.165, 1.54) is 38.5 Å². The van der Waals surface area contributed by atoms with E-state index < -0.39 is 0 Å². The second-order valence-corrected chi connectivity index (χ2v) is 7.34. The summed E-state index contributed by atoms with van der Waals surface area (Å²) in [6.07, 6.45) is 8.72. The van der Waals surface area contributed by atoms with Crippen LogP contribution in [0.3, 0.4) is 0 Å². The molecular formula is C18H36. The normalized spacial score (nSPS) is 28.2. The van der Waals surface area contributed by atoms with Crippen LogP contribution in [0, 0.1) is 35.5 Å². The van der Waals surface area contributed by atoms with Crippen LogP contribution in [0.1, 0.15) is 80.1 Å². The molecule has 108 valence electrons. The largest absolute Gasteiger partial charge is 0.0651 e. The summed E-state index contributed by atoms with van der Waals surface area (Å²) in [6, 6.07) is 0. The van der Waals surface area contributed by atoms with E-state index in [2.05, 4.69) is 41.5 Å². The Bertz CT molecular complexity index is 218. The highest BCUT2D eigenvalue weighted by molar-refractivity contribution is 4.85. The van der Waals surface area contributed by atoms with Gasteiger partial charge in [-0.15, -0.1) is 0 Å². The first kappa shape index (κ1) is 16.1. The van der Waals surface area contributed by atoms with Crippen molar-refractivity contribution in [3.63, 3.8) is 0 Å². The molecule has 1 aliphatic rings. The molecule has 1 saturated carbocycles. The predicted molar refractivity (Wildman–Crippen MR) is 82.7 cm³/mol. The van der Waals surface area contributed by atoms with Gasteiger partial charge in [0, 0.05) is 0 Å². The molecule has 1 rings (SSSR count). The molecule has 0 aromatic heterocycles. The molecule has 5 unspecified atom stereocenters. The molecule has 0 nitrogen and oxygen atoms in total. The van der Waals surface area contributed by atoms with Gasteiger partial charge in [0.2, 0.25) is 0 Å². The maximum absolute atomic E-state index is 2.49. The van der Waals surface area contributed by atoms with E-state index in [0.717, 1.165) is 35.5 Å². The number of rotatable bonds is 9. The summed E-state index contributed by atoms with van der Waals surface area (Å²) in [6.45, 7) is 14.5. The van der Waals surface area contributed by atoms with Crippen molar-refractivity contribution in [2.75, 3.05) is 0 Å². The molecule has 0 aliphatic heterocycles. The third-order valence-electron chi connectivity index (χ3n) is 5.70. The maximum Gasteiger partial charge on any atom is -0.0383 e. The number of hydrogen-bond donors (Lipinski definition) is 0. The first-order chi connectivity index (χ1) is 8.49. The van der Waals surface area contributed by atoms with Crippen molar-refractivity contribution < 1.29 is 0 Å². The van der Waals surface area contributed by atoms with Crippen LogP contribution in [0.15, 0.2) is 0 Å². The Morgan fingerprint density at radius 3 is 2.06 bits per heavy atom. The lowest BCUT2D eigenvalue weighted by molar-refractivity contribution is 0.239. The van der Waals surface area contributed by atoms with Crippen LogP contribution >= 0.6 is 0 Å². The third-order valence-corrected chi connectivity index (χ3v) is 5.70. The highest BCUT2D eigenvalue weighted by Gasteiger charge is 2.34. The van der Waals surface area contributed by atoms with Gasteiger partial charge >= 0.3 is 0 Å². The highest BCUT2D eigenvalue weighted by atomic mass is 14.4. The van der Waals surface area contributed by atoms with Gasteiger partial charge in [0.1, 0.15) is 0 Å². The fraction of sp³-hybridized carbons (Fsp3) is 1.00. The Morgan fingerprint density at radius 2 is 1.61 bits per heavy atom. The average Bonchev–Trinajstić information content (AvgIpc) is 3.10. The van der Waals surface area contributed by atoms with Gasteiger partial charge in [-0.3, -0.25) is 0 Å². The smallest absolute Gasteiger partial charge is 0.0383 e. The fourth-order valence-corrected chi connectivity index (χ4v) is 3.55. The molecule has 0 heteroatoms. The van der Waals surface area contributed by atoms with Gasteiger partial charge in [-0.2, -0.15) is 0 Å². The lowest BCUT2D eigenvalue weighted by Gasteiger charge is -2.27. The van der Waals surface area contributed by atoms with Gasteiger partial charge in [0.25, 0.3) is 0 Å². The molecule has 0 heterocycles. The van der Waals surface area contributed by atoms with Gasteiger partial charge in [0.05, 0.1) is 0 Å². The lowest BCUT2D eigenvalue weighted by Crippen LogP contribution is -2.17. The zero-order valence-corrected chi connectivity index (χ0v) is 13.7. The van der Waals surface area contributed by atoms with Crippen LogP contribution in [0.2, 0.25) is 0 Å². The van der Waals surface area contributed by atoms with E-state index in [9.17, 15) is 0 Å². The monoisotopic (exact) mass is 252 g/mol. The summed E-state index contributed by atoms with van der Waals surface area (Å²) in [5.41, 5.74) is 0. The van der Waals surface area contributed by atoms with Gasteiger partial charge < -0.3 is 0 Å². The molecule has 0 radical (unpaired) electrons. The molecule has 1 fully saturated rings. The molecule has 0 N–H and O–H groups in total. The topological polar surface area (TPSA) is 0 Å². The van der Waals surface area contributed by atoms with E-state index in [0.29, 0.717) is 0 Å². The van der Waals surface area contributed by atoms with Crippen LogP contribution in [0.25, 0.3) is 0 Å². The number of hydrogen-bond acceptors (Lipinski definition) is 0. The summed E-state index contributed by atoms with van der Waals surface area (Å²) in [5.74, 6) is 5.82. The van der Waals surface area contributed by atoms with E-state index >= 15 is 0 Å². The molecule has 5 atom stereocenters. The van der Waals surface area contributed by atoms with E-state index in [4.69, 9.17) is 0 Å². The molecule has 0 amide bonds. The zero-order valence-electron chi connectivity index (χ0n) is 13.7. The summed E-state index contributed by atoms with van der Waals surface area (Å²) in [7, 11) is 0. The molecule has 0 saturated heterocycles. The first-order valence-electron chi connectivity index (χ1n) is 8.49. The van der Waals surface area contributed by atoms with Crippen LogP contribution in [-0.4, -0.2) is 0 Å². The molecular weight excluding hydrogens is 216 g/mol. The van der Waals surface area contributed by atoms with E-state index in [-0.39, 0.29) is 0 Å². The summed E-state index contributed by atoms with van der Waals surface area (Å²) in [4.78, 5) is 0. The van der Waals surface area contributed by atoms with Crippen LogP contribution < -0.4 is 0 Å². The Balaban J connectivity index is 2.21. The molecule has 0 bridgehead atoms. The van der Waals surface area contributed by atoms with E-state index in [1.54, 1.807) is 0 Å². The second kappa shape index (κ2) is 7.56. The van der Waals surface area contributed by atoms with Gasteiger partial charge in [-0.1, -0.05) is 60.8 Å². The summed E-state index contributed by atoms with van der Waals surface area (Å²) >= 11 is 0. The fourth-order valence-electron chi connectivity index (χ4n) is 3.55. The summed E-state index contributed by atoms with van der Waals surface area (Å²) in [5, 5.41) is 0. The molecule has 1 aliphatic carbocycles. The predicted octanol–water partition coefficient (Wildman–Crippen LogP) is 6.16. The van der Waals surface area contributed by atoms with Gasteiger partial charge in [0.15, 0.2) is 0 Å². The van der Waals surface area contributed by atoms with Crippen molar-refractivity contribution >= 4 is 0 Å². The quantitative estimate of drug-likeness (QED) is 0.461. The highest BCUT2D eigenvalue weighted by Crippen LogP contribution is 2.45. The van der Waals surface area contributed by atoms with Crippen molar-refractivity contribution in [2.24, 2.45) is 35.5 Å². The van der Waals surface area contributed by atoms with Crippen LogP contribution in [0.5, 0.6) is 0 Å². The minimum absolute atomic E-state index is 0.859. The Hall–Kier alpha value is 0. The SMILES string of the molecule is CCC(CC(C)C(C)CCC1CC1CC)C(C)C. The molecule has 0 spiro atoms. The third kappa shape index (κ3) is 4.94. The van der Waals surface area contributed by atoms with Gasteiger partial charge in [-0.25, -0.2) is 0 Å². The minimum Gasteiger partial charge on any atom is -0.0651 e. The average molecular weight is 252 g/mol. The second-order valence-electron chi connectivity index (χ2n) is 7.34. The maximum atomic E-state index is 2.49. The standard InChI is InChI=1S/C18H36/c1-7-16(13(3)4)11-15(6)14(5)9-10-18-12-17(18)8-2/h13-18H,7-12H2,1-6H3. The molecule has 0 aromatic carbocycles. The van der Waals surface area contributed by atoms with E-state index in [1.807, 2.05) is 0 Å². The Morgan fingerprint density at radius 1 is 0.944 bits per heavy atom.